The van der Waals surface area contributed by atoms with E-state index in [2.05, 4.69) is 33.6 Å². The van der Waals surface area contributed by atoms with Crippen molar-refractivity contribution in [3.05, 3.63) is 21.8 Å². The first-order valence-corrected chi connectivity index (χ1v) is 4.74. The molecule has 1 aromatic rings. The minimum absolute atomic E-state index is 0.907. The van der Waals surface area contributed by atoms with E-state index in [9.17, 15) is 0 Å². The summed E-state index contributed by atoms with van der Waals surface area (Å²) in [5.74, 6) is 0.907. The number of rotatable bonds is 2. The second kappa shape index (κ2) is 3.98. The summed E-state index contributed by atoms with van der Waals surface area (Å²) < 4.78 is 6.31. The van der Waals surface area contributed by atoms with E-state index < -0.39 is 0 Å². The van der Waals surface area contributed by atoms with Gasteiger partial charge in [-0.05, 0) is 40.8 Å². The van der Waals surface area contributed by atoms with Gasteiger partial charge in [0.1, 0.15) is 5.75 Å². The number of methoxy groups -OCH3 is 1. The lowest BCUT2D eigenvalue weighted by Gasteiger charge is -2.14. The van der Waals surface area contributed by atoms with Crippen molar-refractivity contribution < 1.29 is 4.74 Å². The smallest absolute Gasteiger partial charge is 0.120 e. The highest BCUT2D eigenvalue weighted by molar-refractivity contribution is 14.1. The van der Waals surface area contributed by atoms with Crippen molar-refractivity contribution in [1.29, 1.82) is 0 Å². The van der Waals surface area contributed by atoms with E-state index in [-0.39, 0.29) is 0 Å². The Labute approximate surface area is 86.7 Å². The summed E-state index contributed by atoms with van der Waals surface area (Å²) in [5.41, 5.74) is 1.22. The van der Waals surface area contributed by atoms with Crippen molar-refractivity contribution in [1.82, 2.24) is 0 Å². The largest absolute Gasteiger partial charge is 0.497 e. The SMILES string of the molecule is COc1ccc(N(C)C)c(I)c1. The standard InChI is InChI=1S/C9H12INO/c1-11(2)9-5-4-7(12-3)6-8(9)10/h4-6H,1-3H3. The summed E-state index contributed by atoms with van der Waals surface area (Å²) in [7, 11) is 5.74. The molecule has 2 nitrogen and oxygen atoms in total. The zero-order valence-electron chi connectivity index (χ0n) is 7.47. The average molecular weight is 277 g/mol. The number of nitrogens with zero attached hydrogens (tertiary/aromatic N) is 1. The van der Waals surface area contributed by atoms with Crippen molar-refractivity contribution in [2.24, 2.45) is 0 Å². The van der Waals surface area contributed by atoms with Crippen molar-refractivity contribution in [3.63, 3.8) is 0 Å². The van der Waals surface area contributed by atoms with Crippen LogP contribution in [0.15, 0.2) is 18.2 Å². The fraction of sp³-hybridized carbons (Fsp3) is 0.333. The van der Waals surface area contributed by atoms with Gasteiger partial charge in [0.25, 0.3) is 0 Å². The van der Waals surface area contributed by atoms with Crippen LogP contribution < -0.4 is 9.64 Å². The highest BCUT2D eigenvalue weighted by atomic mass is 127. The molecule has 0 atom stereocenters. The van der Waals surface area contributed by atoms with E-state index in [1.165, 1.54) is 9.26 Å². The van der Waals surface area contributed by atoms with Crippen LogP contribution >= 0.6 is 22.6 Å². The molecule has 0 aromatic heterocycles. The fourth-order valence-corrected chi connectivity index (χ4v) is 1.95. The average Bonchev–Trinajstić information content (AvgIpc) is 2.03. The van der Waals surface area contributed by atoms with Crippen molar-refractivity contribution in [2.75, 3.05) is 26.1 Å². The van der Waals surface area contributed by atoms with Gasteiger partial charge in [0.05, 0.1) is 7.11 Å². The predicted molar refractivity (Wildman–Crippen MR) is 60.0 cm³/mol. The quantitative estimate of drug-likeness (QED) is 0.769. The Morgan fingerprint density at radius 3 is 2.42 bits per heavy atom. The second-order valence-electron chi connectivity index (χ2n) is 2.71. The van der Waals surface area contributed by atoms with Gasteiger partial charge in [-0.15, -0.1) is 0 Å². The van der Waals surface area contributed by atoms with Crippen LogP contribution in [0.1, 0.15) is 0 Å². The van der Waals surface area contributed by atoms with Crippen LogP contribution in [0.25, 0.3) is 0 Å². The summed E-state index contributed by atoms with van der Waals surface area (Å²) in [6.45, 7) is 0. The number of halogens is 1. The molecule has 0 heterocycles. The van der Waals surface area contributed by atoms with Gasteiger partial charge in [-0.1, -0.05) is 0 Å². The Morgan fingerprint density at radius 1 is 1.33 bits per heavy atom. The highest BCUT2D eigenvalue weighted by Crippen LogP contribution is 2.25. The van der Waals surface area contributed by atoms with E-state index >= 15 is 0 Å². The van der Waals surface area contributed by atoms with Gasteiger partial charge in [0.2, 0.25) is 0 Å². The third-order valence-corrected chi connectivity index (χ3v) is 2.50. The van der Waals surface area contributed by atoms with Gasteiger partial charge in [-0.2, -0.15) is 0 Å². The third-order valence-electron chi connectivity index (χ3n) is 1.64. The van der Waals surface area contributed by atoms with E-state index in [4.69, 9.17) is 4.74 Å². The van der Waals surface area contributed by atoms with E-state index in [1.54, 1.807) is 7.11 Å². The molecule has 0 aliphatic carbocycles. The molecular formula is C9H12INO. The van der Waals surface area contributed by atoms with Crippen LogP contribution in [0.4, 0.5) is 5.69 Å². The molecule has 3 heteroatoms. The van der Waals surface area contributed by atoms with Crippen molar-refractivity contribution in [3.8, 4) is 5.75 Å². The molecule has 0 aliphatic rings. The Bertz CT molecular complexity index is 273. The van der Waals surface area contributed by atoms with E-state index in [0.29, 0.717) is 0 Å². The predicted octanol–water partition coefficient (Wildman–Crippen LogP) is 2.37. The lowest BCUT2D eigenvalue weighted by Crippen LogP contribution is -2.09. The van der Waals surface area contributed by atoms with Crippen LogP contribution in [0.5, 0.6) is 5.75 Å². The molecule has 0 amide bonds. The number of ether oxygens (including phenoxy) is 1. The lowest BCUT2D eigenvalue weighted by molar-refractivity contribution is 0.414. The number of hydrogen-bond donors (Lipinski definition) is 0. The van der Waals surface area contributed by atoms with Crippen LogP contribution in [0.2, 0.25) is 0 Å². The summed E-state index contributed by atoms with van der Waals surface area (Å²) in [6, 6.07) is 6.05. The van der Waals surface area contributed by atoms with Crippen LogP contribution in [0, 0.1) is 3.57 Å². The minimum atomic E-state index is 0.907. The molecule has 0 radical (unpaired) electrons. The summed E-state index contributed by atoms with van der Waals surface area (Å²) in [6.07, 6.45) is 0. The molecular weight excluding hydrogens is 265 g/mol. The number of hydrogen-bond acceptors (Lipinski definition) is 2. The fourth-order valence-electron chi connectivity index (χ4n) is 0.977. The molecule has 66 valence electrons. The molecule has 1 aromatic carbocycles. The number of anilines is 1. The Kier molecular flexibility index (Phi) is 3.20. The first-order valence-electron chi connectivity index (χ1n) is 3.66. The zero-order chi connectivity index (χ0) is 9.14. The molecule has 0 bridgehead atoms. The van der Waals surface area contributed by atoms with Gasteiger partial charge in [-0.25, -0.2) is 0 Å². The maximum Gasteiger partial charge on any atom is 0.120 e. The Morgan fingerprint density at radius 2 is 2.00 bits per heavy atom. The van der Waals surface area contributed by atoms with E-state index in [1.807, 2.05) is 26.2 Å². The summed E-state index contributed by atoms with van der Waals surface area (Å²) >= 11 is 2.30. The topological polar surface area (TPSA) is 12.5 Å². The van der Waals surface area contributed by atoms with Gasteiger partial charge < -0.3 is 9.64 Å². The molecule has 0 aliphatic heterocycles. The normalized spacial score (nSPS) is 9.67. The third kappa shape index (κ3) is 2.03. The monoisotopic (exact) mass is 277 g/mol. The van der Waals surface area contributed by atoms with Crippen LogP contribution in [-0.4, -0.2) is 21.2 Å². The van der Waals surface area contributed by atoms with Crippen molar-refractivity contribution >= 4 is 28.3 Å². The van der Waals surface area contributed by atoms with Crippen LogP contribution in [-0.2, 0) is 0 Å². The van der Waals surface area contributed by atoms with Crippen LogP contribution in [0.3, 0.4) is 0 Å². The molecule has 0 N–H and O–H groups in total. The van der Waals surface area contributed by atoms with E-state index in [0.717, 1.165) is 5.75 Å². The molecule has 0 fully saturated rings. The zero-order valence-corrected chi connectivity index (χ0v) is 9.62. The van der Waals surface area contributed by atoms with Crippen molar-refractivity contribution in [2.45, 2.75) is 0 Å². The summed E-state index contributed by atoms with van der Waals surface area (Å²) in [5, 5.41) is 0. The maximum atomic E-state index is 5.11. The first-order chi connectivity index (χ1) is 5.65. The molecule has 1 rings (SSSR count). The molecule has 12 heavy (non-hydrogen) atoms. The minimum Gasteiger partial charge on any atom is -0.497 e. The molecule has 0 saturated heterocycles. The molecule has 0 spiro atoms. The Hall–Kier alpha value is -0.450. The highest BCUT2D eigenvalue weighted by Gasteiger charge is 2.02. The summed E-state index contributed by atoms with van der Waals surface area (Å²) in [4.78, 5) is 2.08. The second-order valence-corrected chi connectivity index (χ2v) is 3.87. The van der Waals surface area contributed by atoms with Gasteiger partial charge >= 0.3 is 0 Å². The number of benzene rings is 1. The molecule has 0 unspecified atom stereocenters. The molecule has 0 saturated carbocycles. The van der Waals surface area contributed by atoms with Gasteiger partial charge in [0.15, 0.2) is 0 Å². The van der Waals surface area contributed by atoms with Gasteiger partial charge in [-0.3, -0.25) is 0 Å². The Balaban J connectivity index is 3.03. The maximum absolute atomic E-state index is 5.11. The lowest BCUT2D eigenvalue weighted by atomic mass is 10.3. The van der Waals surface area contributed by atoms with Gasteiger partial charge in [0, 0.05) is 23.4 Å². The first kappa shape index (κ1) is 9.64.